The van der Waals surface area contributed by atoms with Gasteiger partial charge in [-0.1, -0.05) is 78.9 Å². The van der Waals surface area contributed by atoms with Crippen molar-refractivity contribution in [1.82, 2.24) is 0 Å². The van der Waals surface area contributed by atoms with E-state index in [2.05, 4.69) is 10.5 Å². The second-order valence-electron chi connectivity index (χ2n) is 5.38. The molecule has 0 radical (unpaired) electrons. The number of benzene rings is 3. The Morgan fingerprint density at radius 2 is 1.21 bits per heavy atom. The Bertz CT molecular complexity index is 790. The van der Waals surface area contributed by atoms with Crippen molar-refractivity contribution in [3.05, 3.63) is 91.0 Å². The van der Waals surface area contributed by atoms with E-state index in [0.29, 0.717) is 6.16 Å². The monoisotopic (exact) mass is 334 g/mol. The molecule has 0 unspecified atom stereocenters. The highest BCUT2D eigenvalue weighted by Crippen LogP contribution is 2.42. The number of anilines is 1. The fourth-order valence-corrected chi connectivity index (χ4v) is 4.83. The fraction of sp³-hybridized carbons (Fsp3) is 0.0500. The van der Waals surface area contributed by atoms with Gasteiger partial charge in [0.25, 0.3) is 0 Å². The van der Waals surface area contributed by atoms with Gasteiger partial charge in [-0.2, -0.15) is 5.10 Å². The standard InChI is InChI=1S/C20H19N2OP/c23-24(19-12-6-2-7-13-19,20-14-8-3-9-15-20)17-16-21-22-18-10-4-1-5-11-18/h1-16,22H,17H2/b21-16+. The van der Waals surface area contributed by atoms with E-state index in [1.54, 1.807) is 6.21 Å². The molecule has 1 N–H and O–H groups in total. The first kappa shape index (κ1) is 16.2. The molecule has 0 heterocycles. The Balaban J connectivity index is 1.83. The van der Waals surface area contributed by atoms with Crippen molar-refractivity contribution in [1.29, 1.82) is 0 Å². The molecule has 0 aromatic heterocycles. The van der Waals surface area contributed by atoms with Crippen LogP contribution in [0.5, 0.6) is 0 Å². The second-order valence-corrected chi connectivity index (χ2v) is 8.26. The van der Waals surface area contributed by atoms with Crippen molar-refractivity contribution in [3.63, 3.8) is 0 Å². The number of rotatable bonds is 6. The van der Waals surface area contributed by atoms with Crippen molar-refractivity contribution in [2.24, 2.45) is 5.10 Å². The van der Waals surface area contributed by atoms with Gasteiger partial charge in [-0.3, -0.25) is 5.43 Å². The Kier molecular flexibility index (Phi) is 5.25. The Morgan fingerprint density at radius 1 is 0.750 bits per heavy atom. The number of hydrazone groups is 1. The summed E-state index contributed by atoms with van der Waals surface area (Å²) in [5.41, 5.74) is 3.87. The van der Waals surface area contributed by atoms with E-state index in [0.717, 1.165) is 16.3 Å². The van der Waals surface area contributed by atoms with Crippen LogP contribution in [0.2, 0.25) is 0 Å². The summed E-state index contributed by atoms with van der Waals surface area (Å²) in [5, 5.41) is 5.93. The molecule has 0 amide bonds. The zero-order valence-corrected chi connectivity index (χ0v) is 14.1. The van der Waals surface area contributed by atoms with Gasteiger partial charge >= 0.3 is 0 Å². The molecule has 0 saturated heterocycles. The lowest BCUT2D eigenvalue weighted by atomic mass is 10.3. The molecule has 0 fully saturated rings. The van der Waals surface area contributed by atoms with E-state index in [-0.39, 0.29) is 0 Å². The van der Waals surface area contributed by atoms with E-state index in [4.69, 9.17) is 0 Å². The first-order valence-electron chi connectivity index (χ1n) is 7.82. The highest BCUT2D eigenvalue weighted by atomic mass is 31.2. The van der Waals surface area contributed by atoms with E-state index in [1.165, 1.54) is 0 Å². The van der Waals surface area contributed by atoms with Gasteiger partial charge in [-0.25, -0.2) is 0 Å². The molecule has 0 aliphatic rings. The van der Waals surface area contributed by atoms with Crippen LogP contribution in [0.15, 0.2) is 96.1 Å². The van der Waals surface area contributed by atoms with Crippen LogP contribution in [-0.2, 0) is 4.57 Å². The number of nitrogens with one attached hydrogen (secondary N) is 1. The van der Waals surface area contributed by atoms with Crippen LogP contribution >= 0.6 is 7.14 Å². The highest BCUT2D eigenvalue weighted by Gasteiger charge is 2.25. The van der Waals surface area contributed by atoms with E-state index in [9.17, 15) is 4.57 Å². The van der Waals surface area contributed by atoms with Crippen molar-refractivity contribution in [3.8, 4) is 0 Å². The van der Waals surface area contributed by atoms with Crippen LogP contribution in [0.25, 0.3) is 0 Å². The van der Waals surface area contributed by atoms with Gasteiger partial charge in [0.05, 0.1) is 5.69 Å². The topological polar surface area (TPSA) is 41.5 Å². The number of hydrogen-bond acceptors (Lipinski definition) is 3. The lowest BCUT2D eigenvalue weighted by Crippen LogP contribution is -2.19. The predicted molar refractivity (Wildman–Crippen MR) is 103 cm³/mol. The van der Waals surface area contributed by atoms with Crippen molar-refractivity contribution in [2.45, 2.75) is 0 Å². The van der Waals surface area contributed by atoms with E-state index >= 15 is 0 Å². The predicted octanol–water partition coefficient (Wildman–Crippen LogP) is 4.10. The summed E-state index contributed by atoms with van der Waals surface area (Å²) in [4.78, 5) is 0. The van der Waals surface area contributed by atoms with Crippen LogP contribution in [-0.4, -0.2) is 12.4 Å². The van der Waals surface area contributed by atoms with Gasteiger partial charge in [0.15, 0.2) is 0 Å². The molecule has 3 rings (SSSR count). The van der Waals surface area contributed by atoms with Gasteiger partial charge in [0, 0.05) is 23.0 Å². The number of nitrogens with zero attached hydrogens (tertiary/aromatic N) is 1. The maximum atomic E-state index is 13.7. The molecule has 24 heavy (non-hydrogen) atoms. The van der Waals surface area contributed by atoms with E-state index < -0.39 is 7.14 Å². The summed E-state index contributed by atoms with van der Waals surface area (Å²) >= 11 is 0. The summed E-state index contributed by atoms with van der Waals surface area (Å²) in [6.07, 6.45) is 2.08. The molecule has 0 aliphatic heterocycles. The van der Waals surface area contributed by atoms with Crippen LogP contribution in [0.1, 0.15) is 0 Å². The van der Waals surface area contributed by atoms with Gasteiger partial charge in [0.2, 0.25) is 0 Å². The summed E-state index contributed by atoms with van der Waals surface area (Å²) in [7, 11) is -2.73. The minimum Gasteiger partial charge on any atom is -0.313 e. The average Bonchev–Trinajstić information content (AvgIpc) is 2.67. The largest absolute Gasteiger partial charge is 0.313 e. The molecular formula is C20H19N2OP. The van der Waals surface area contributed by atoms with Gasteiger partial charge in [-0.05, 0) is 12.1 Å². The molecular weight excluding hydrogens is 315 g/mol. The maximum Gasteiger partial charge on any atom is 0.148 e. The van der Waals surface area contributed by atoms with Gasteiger partial charge in [0.1, 0.15) is 7.14 Å². The Hall–Kier alpha value is -2.64. The molecule has 3 nitrogen and oxygen atoms in total. The van der Waals surface area contributed by atoms with Gasteiger partial charge < -0.3 is 4.57 Å². The Morgan fingerprint density at radius 3 is 1.71 bits per heavy atom. The molecule has 4 heteroatoms. The SMILES string of the molecule is O=P(C/C=N/Nc1ccccc1)(c1ccccc1)c1ccccc1. The van der Waals surface area contributed by atoms with Crippen molar-refractivity contribution in [2.75, 3.05) is 11.6 Å². The summed E-state index contributed by atoms with van der Waals surface area (Å²) < 4.78 is 13.7. The molecule has 0 aliphatic carbocycles. The maximum absolute atomic E-state index is 13.7. The van der Waals surface area contributed by atoms with Crippen molar-refractivity contribution >= 4 is 29.7 Å². The molecule has 0 spiro atoms. The first-order chi connectivity index (χ1) is 11.8. The lowest BCUT2D eigenvalue weighted by molar-refractivity contribution is 0.589. The third kappa shape index (κ3) is 3.81. The molecule has 0 saturated carbocycles. The molecule has 120 valence electrons. The quantitative estimate of drug-likeness (QED) is 0.419. The van der Waals surface area contributed by atoms with Crippen LogP contribution in [0.4, 0.5) is 5.69 Å². The summed E-state index contributed by atoms with van der Waals surface area (Å²) in [6.45, 7) is 0. The fourth-order valence-electron chi connectivity index (χ4n) is 2.49. The number of para-hydroxylation sites is 1. The van der Waals surface area contributed by atoms with Crippen molar-refractivity contribution < 1.29 is 4.57 Å². The molecule has 3 aromatic carbocycles. The minimum atomic E-state index is -2.73. The Labute approximate surface area is 142 Å². The first-order valence-corrected chi connectivity index (χ1v) is 9.71. The third-order valence-electron chi connectivity index (χ3n) is 3.74. The summed E-state index contributed by atoms with van der Waals surface area (Å²) in [5.74, 6) is 0. The van der Waals surface area contributed by atoms with Crippen LogP contribution < -0.4 is 16.0 Å². The highest BCUT2D eigenvalue weighted by molar-refractivity contribution is 7.79. The molecule has 0 atom stereocenters. The zero-order chi connectivity index (χ0) is 16.7. The van der Waals surface area contributed by atoms with Crippen LogP contribution in [0.3, 0.4) is 0 Å². The zero-order valence-electron chi connectivity index (χ0n) is 13.2. The van der Waals surface area contributed by atoms with E-state index in [1.807, 2.05) is 91.0 Å². The summed E-state index contributed by atoms with van der Waals surface area (Å²) in [6, 6.07) is 29.0. The van der Waals surface area contributed by atoms with Gasteiger partial charge in [-0.15, -0.1) is 0 Å². The third-order valence-corrected chi connectivity index (χ3v) is 6.69. The number of hydrogen-bond donors (Lipinski definition) is 1. The lowest BCUT2D eigenvalue weighted by Gasteiger charge is -2.17. The normalized spacial score (nSPS) is 11.5. The smallest absolute Gasteiger partial charge is 0.148 e. The minimum absolute atomic E-state index is 0.376. The second kappa shape index (κ2) is 7.76. The molecule has 3 aromatic rings. The van der Waals surface area contributed by atoms with Crippen LogP contribution in [0, 0.1) is 0 Å². The molecule has 0 bridgehead atoms. The average molecular weight is 334 g/mol.